The van der Waals surface area contributed by atoms with Gasteiger partial charge in [0.15, 0.2) is 17.2 Å². The zero-order valence-electron chi connectivity index (χ0n) is 14.1. The van der Waals surface area contributed by atoms with Gasteiger partial charge < -0.3 is 24.1 Å². The number of cyclic esters (lactones) is 1. The molecule has 3 rings (SSSR count). The molecule has 2 aromatic carbocycles. The molecular weight excluding hydrogens is 357 g/mol. The molecule has 0 aliphatic carbocycles. The Balaban J connectivity index is 1.85. The van der Waals surface area contributed by atoms with Crippen LogP contribution >= 0.6 is 0 Å². The summed E-state index contributed by atoms with van der Waals surface area (Å²) < 4.78 is 28.3. The van der Waals surface area contributed by atoms with E-state index in [9.17, 15) is 19.1 Å². The van der Waals surface area contributed by atoms with Crippen molar-refractivity contribution in [2.24, 2.45) is 4.99 Å². The van der Waals surface area contributed by atoms with Crippen LogP contribution < -0.4 is 14.6 Å². The largest absolute Gasteiger partial charge is 0.546 e. The van der Waals surface area contributed by atoms with Crippen molar-refractivity contribution in [1.29, 1.82) is 0 Å². The average Bonchev–Trinajstić information content (AvgIpc) is 3.01. The first-order chi connectivity index (χ1) is 13.0. The van der Waals surface area contributed by atoms with Gasteiger partial charge in [0, 0.05) is 5.56 Å². The molecule has 0 unspecified atom stereocenters. The van der Waals surface area contributed by atoms with Gasteiger partial charge in [-0.05, 0) is 48.0 Å². The number of carboxylic acids is 1. The molecular formula is C19H13FNO6-. The number of nitrogens with zero attached hydrogens (tertiary/aromatic N) is 1. The first-order valence-corrected chi connectivity index (χ1v) is 7.75. The zero-order valence-corrected chi connectivity index (χ0v) is 14.1. The summed E-state index contributed by atoms with van der Waals surface area (Å²) in [7, 11) is 1.40. The second-order valence-corrected chi connectivity index (χ2v) is 5.41. The van der Waals surface area contributed by atoms with Gasteiger partial charge in [-0.1, -0.05) is 6.07 Å². The molecule has 1 aliphatic heterocycles. The standard InChI is InChI=1S/C19H14FNO6/c1-25-16-9-11(2-7-15(16)26-10-17(22)23)8-14-19(24)27-18(21-14)12-3-5-13(20)6-4-12/h2-9H,10H2,1H3,(H,22,23)/p-1/b14-8-. The summed E-state index contributed by atoms with van der Waals surface area (Å²) in [4.78, 5) is 26.6. The second-order valence-electron chi connectivity index (χ2n) is 5.41. The van der Waals surface area contributed by atoms with Gasteiger partial charge in [-0.3, -0.25) is 0 Å². The Labute approximate surface area is 153 Å². The summed E-state index contributed by atoms with van der Waals surface area (Å²) in [5.41, 5.74) is 1.08. The van der Waals surface area contributed by atoms with Gasteiger partial charge in [-0.2, -0.15) is 0 Å². The number of carboxylic acid groups (broad SMARTS) is 1. The number of aliphatic carboxylic acids is 1. The minimum absolute atomic E-state index is 0.0554. The van der Waals surface area contributed by atoms with Crippen LogP contribution in [0.5, 0.6) is 11.5 Å². The third-order valence-electron chi connectivity index (χ3n) is 3.55. The summed E-state index contributed by atoms with van der Waals surface area (Å²) in [5, 5.41) is 10.5. The molecule has 0 atom stereocenters. The summed E-state index contributed by atoms with van der Waals surface area (Å²) in [6.45, 7) is -0.617. The molecule has 0 N–H and O–H groups in total. The average molecular weight is 370 g/mol. The summed E-state index contributed by atoms with van der Waals surface area (Å²) >= 11 is 0. The van der Waals surface area contributed by atoms with E-state index in [1.54, 1.807) is 12.1 Å². The molecule has 1 heterocycles. The van der Waals surface area contributed by atoms with Crippen LogP contribution in [0.25, 0.3) is 6.08 Å². The van der Waals surface area contributed by atoms with E-state index in [1.165, 1.54) is 43.5 Å². The number of halogens is 1. The van der Waals surface area contributed by atoms with Crippen LogP contribution in [0.15, 0.2) is 53.2 Å². The molecule has 0 amide bonds. The Kier molecular flexibility index (Phi) is 5.16. The lowest BCUT2D eigenvalue weighted by Crippen LogP contribution is -2.29. The van der Waals surface area contributed by atoms with E-state index in [0.717, 1.165) is 0 Å². The van der Waals surface area contributed by atoms with E-state index in [0.29, 0.717) is 11.1 Å². The smallest absolute Gasteiger partial charge is 0.363 e. The second kappa shape index (κ2) is 7.69. The number of hydrogen-bond donors (Lipinski definition) is 0. The number of benzene rings is 2. The highest BCUT2D eigenvalue weighted by Gasteiger charge is 2.24. The van der Waals surface area contributed by atoms with Gasteiger partial charge in [0.1, 0.15) is 12.4 Å². The van der Waals surface area contributed by atoms with Crippen molar-refractivity contribution < 1.29 is 33.3 Å². The molecule has 7 nitrogen and oxygen atoms in total. The molecule has 0 aromatic heterocycles. The molecule has 27 heavy (non-hydrogen) atoms. The van der Waals surface area contributed by atoms with E-state index in [2.05, 4.69) is 4.99 Å². The molecule has 0 spiro atoms. The Morgan fingerprint density at radius 3 is 2.63 bits per heavy atom. The molecule has 2 aromatic rings. The van der Waals surface area contributed by atoms with Gasteiger partial charge in [-0.25, -0.2) is 14.2 Å². The van der Waals surface area contributed by atoms with E-state index in [1.807, 2.05) is 0 Å². The predicted molar refractivity (Wildman–Crippen MR) is 90.5 cm³/mol. The Morgan fingerprint density at radius 2 is 1.96 bits per heavy atom. The lowest BCUT2D eigenvalue weighted by molar-refractivity contribution is -0.307. The quantitative estimate of drug-likeness (QED) is 0.562. The molecule has 8 heteroatoms. The Hall–Kier alpha value is -3.68. The van der Waals surface area contributed by atoms with Gasteiger partial charge in [0.25, 0.3) is 0 Å². The van der Waals surface area contributed by atoms with Gasteiger partial charge in [0.2, 0.25) is 5.90 Å². The SMILES string of the molecule is COc1cc(/C=C2\N=C(c3ccc(F)cc3)OC2=O)ccc1OCC(=O)[O-]. The molecule has 0 saturated carbocycles. The number of aliphatic imine (C=N–C) groups is 1. The van der Waals surface area contributed by atoms with Crippen LogP contribution in [-0.2, 0) is 14.3 Å². The van der Waals surface area contributed by atoms with Crippen LogP contribution in [0.2, 0.25) is 0 Å². The number of ether oxygens (including phenoxy) is 3. The molecule has 0 radical (unpaired) electrons. The van der Waals surface area contributed by atoms with Crippen LogP contribution in [0.1, 0.15) is 11.1 Å². The maximum absolute atomic E-state index is 13.0. The van der Waals surface area contributed by atoms with Crippen LogP contribution in [0, 0.1) is 5.82 Å². The van der Waals surface area contributed by atoms with Gasteiger partial charge in [-0.15, -0.1) is 0 Å². The maximum atomic E-state index is 13.0. The molecule has 138 valence electrons. The molecule has 0 bridgehead atoms. The molecule has 1 aliphatic rings. The number of carbonyl (C=O) groups is 2. The zero-order chi connectivity index (χ0) is 19.4. The topological polar surface area (TPSA) is 97.2 Å². The number of methoxy groups -OCH3 is 1. The van der Waals surface area contributed by atoms with Crippen molar-refractivity contribution in [2.45, 2.75) is 0 Å². The Bertz CT molecular complexity index is 949. The lowest BCUT2D eigenvalue weighted by Gasteiger charge is -2.11. The number of hydrogen-bond acceptors (Lipinski definition) is 7. The highest BCUT2D eigenvalue weighted by Crippen LogP contribution is 2.29. The third-order valence-corrected chi connectivity index (χ3v) is 3.55. The number of rotatable bonds is 6. The van der Waals surface area contributed by atoms with Crippen molar-refractivity contribution in [2.75, 3.05) is 13.7 Å². The highest BCUT2D eigenvalue weighted by atomic mass is 19.1. The summed E-state index contributed by atoms with van der Waals surface area (Å²) in [5.74, 6) is -1.85. The van der Waals surface area contributed by atoms with E-state index >= 15 is 0 Å². The van der Waals surface area contributed by atoms with Crippen LogP contribution in [0.4, 0.5) is 4.39 Å². The summed E-state index contributed by atoms with van der Waals surface area (Å²) in [6, 6.07) is 10.0. The van der Waals surface area contributed by atoms with Crippen molar-refractivity contribution in [3.63, 3.8) is 0 Å². The van der Waals surface area contributed by atoms with Crippen molar-refractivity contribution in [3.05, 3.63) is 65.1 Å². The molecule has 0 saturated heterocycles. The fourth-order valence-electron chi connectivity index (χ4n) is 2.31. The predicted octanol–water partition coefficient (Wildman–Crippen LogP) is 1.31. The first-order valence-electron chi connectivity index (χ1n) is 7.75. The lowest BCUT2D eigenvalue weighted by atomic mass is 10.1. The fraction of sp³-hybridized carbons (Fsp3) is 0.105. The number of esters is 1. The van der Waals surface area contributed by atoms with E-state index in [-0.39, 0.29) is 23.1 Å². The monoisotopic (exact) mass is 370 g/mol. The van der Waals surface area contributed by atoms with Gasteiger partial charge >= 0.3 is 5.97 Å². The van der Waals surface area contributed by atoms with Gasteiger partial charge in [0.05, 0.1) is 13.1 Å². The highest BCUT2D eigenvalue weighted by molar-refractivity contribution is 6.12. The van der Waals surface area contributed by atoms with E-state index in [4.69, 9.17) is 14.2 Å². The maximum Gasteiger partial charge on any atom is 0.363 e. The van der Waals surface area contributed by atoms with Crippen LogP contribution in [-0.4, -0.2) is 31.6 Å². The normalized spacial score (nSPS) is 14.7. The van der Waals surface area contributed by atoms with Crippen molar-refractivity contribution in [1.82, 2.24) is 0 Å². The minimum atomic E-state index is -1.36. The van der Waals surface area contributed by atoms with Crippen LogP contribution in [0.3, 0.4) is 0 Å². The molecule has 0 fully saturated rings. The Morgan fingerprint density at radius 1 is 1.22 bits per heavy atom. The van der Waals surface area contributed by atoms with Crippen molar-refractivity contribution in [3.8, 4) is 11.5 Å². The summed E-state index contributed by atoms with van der Waals surface area (Å²) in [6.07, 6.45) is 1.48. The van der Waals surface area contributed by atoms with E-state index < -0.39 is 24.4 Å². The fourth-order valence-corrected chi connectivity index (χ4v) is 2.31. The number of carbonyl (C=O) groups excluding carboxylic acids is 2. The first kappa shape index (κ1) is 18.1. The van der Waals surface area contributed by atoms with Crippen molar-refractivity contribution >= 4 is 23.9 Å². The minimum Gasteiger partial charge on any atom is -0.546 e. The third kappa shape index (κ3) is 4.30.